The van der Waals surface area contributed by atoms with E-state index in [1.807, 2.05) is 6.92 Å². The highest BCUT2D eigenvalue weighted by molar-refractivity contribution is 5.77. The third kappa shape index (κ3) is 12.3. The Bertz CT molecular complexity index is 365. The van der Waals surface area contributed by atoms with Gasteiger partial charge in [-0.1, -0.05) is 39.5 Å². The Morgan fingerprint density at radius 2 is 1.68 bits per heavy atom. The molecule has 0 aromatic carbocycles. The van der Waals surface area contributed by atoms with E-state index in [-0.39, 0.29) is 30.9 Å². The van der Waals surface area contributed by atoms with E-state index in [2.05, 4.69) is 25.7 Å². The van der Waals surface area contributed by atoms with E-state index in [0.29, 0.717) is 13.0 Å². The Morgan fingerprint density at radius 1 is 0.955 bits per heavy atom. The van der Waals surface area contributed by atoms with Crippen LogP contribution in [-0.4, -0.2) is 24.6 Å². The van der Waals surface area contributed by atoms with Crippen LogP contribution in [0.3, 0.4) is 0 Å². The van der Waals surface area contributed by atoms with Crippen molar-refractivity contribution in [3.05, 3.63) is 0 Å². The zero-order valence-electron chi connectivity index (χ0n) is 14.3. The normalized spacial score (nSPS) is 11.2. The molecule has 22 heavy (non-hydrogen) atoms. The van der Waals surface area contributed by atoms with E-state index >= 15 is 0 Å². The second kappa shape index (κ2) is 14.4. The van der Waals surface area contributed by atoms with Crippen LogP contribution in [-0.2, 0) is 19.1 Å². The molecule has 0 saturated heterocycles. The van der Waals surface area contributed by atoms with Gasteiger partial charge < -0.3 is 9.47 Å². The van der Waals surface area contributed by atoms with Crippen molar-refractivity contribution in [3.63, 3.8) is 0 Å². The van der Waals surface area contributed by atoms with Crippen LogP contribution in [0.15, 0.2) is 0 Å². The number of rotatable bonds is 11. The SMILES string of the molecule is CCCC#CCC(CC)OC(=O)CCC(=O)OCCCCC. The Labute approximate surface area is 134 Å². The molecular weight excluding hydrogens is 280 g/mol. The molecule has 0 radical (unpaired) electrons. The highest BCUT2D eigenvalue weighted by Gasteiger charge is 2.13. The lowest BCUT2D eigenvalue weighted by molar-refractivity contribution is -0.153. The molecule has 0 aliphatic rings. The summed E-state index contributed by atoms with van der Waals surface area (Å²) in [6.45, 7) is 6.57. The third-order valence-electron chi connectivity index (χ3n) is 3.13. The molecule has 0 N–H and O–H groups in total. The van der Waals surface area contributed by atoms with Gasteiger partial charge in [0.1, 0.15) is 6.10 Å². The first-order valence-electron chi connectivity index (χ1n) is 8.44. The number of hydrogen-bond donors (Lipinski definition) is 0. The molecule has 0 aromatic heterocycles. The molecule has 0 spiro atoms. The van der Waals surface area contributed by atoms with Crippen molar-refractivity contribution < 1.29 is 19.1 Å². The summed E-state index contributed by atoms with van der Waals surface area (Å²) in [4.78, 5) is 23.2. The van der Waals surface area contributed by atoms with Crippen LogP contribution < -0.4 is 0 Å². The molecule has 0 rings (SSSR count). The van der Waals surface area contributed by atoms with E-state index in [1.165, 1.54) is 0 Å². The van der Waals surface area contributed by atoms with Crippen molar-refractivity contribution >= 4 is 11.9 Å². The average Bonchev–Trinajstić information content (AvgIpc) is 2.52. The van der Waals surface area contributed by atoms with Crippen LogP contribution in [0.4, 0.5) is 0 Å². The monoisotopic (exact) mass is 310 g/mol. The molecule has 0 fully saturated rings. The summed E-state index contributed by atoms with van der Waals surface area (Å²) in [5.41, 5.74) is 0. The van der Waals surface area contributed by atoms with E-state index < -0.39 is 0 Å². The van der Waals surface area contributed by atoms with Crippen molar-refractivity contribution in [2.45, 2.75) is 84.7 Å². The third-order valence-corrected chi connectivity index (χ3v) is 3.13. The Kier molecular flexibility index (Phi) is 13.5. The summed E-state index contributed by atoms with van der Waals surface area (Å²) in [7, 11) is 0. The average molecular weight is 310 g/mol. The second-order valence-corrected chi connectivity index (χ2v) is 5.26. The van der Waals surface area contributed by atoms with Crippen molar-refractivity contribution in [2.24, 2.45) is 0 Å². The van der Waals surface area contributed by atoms with Gasteiger partial charge in [0.15, 0.2) is 0 Å². The first kappa shape index (κ1) is 20.5. The van der Waals surface area contributed by atoms with Gasteiger partial charge in [0.25, 0.3) is 0 Å². The minimum absolute atomic E-state index is 0.0749. The maximum Gasteiger partial charge on any atom is 0.306 e. The van der Waals surface area contributed by atoms with Gasteiger partial charge in [-0.25, -0.2) is 0 Å². The zero-order chi connectivity index (χ0) is 16.6. The molecule has 0 aromatic rings. The molecule has 4 heteroatoms. The Hall–Kier alpha value is -1.50. The number of unbranched alkanes of at least 4 members (excludes halogenated alkanes) is 3. The first-order chi connectivity index (χ1) is 10.6. The number of carbonyl (C=O) groups excluding carboxylic acids is 2. The maximum atomic E-state index is 11.7. The first-order valence-corrected chi connectivity index (χ1v) is 8.44. The zero-order valence-corrected chi connectivity index (χ0v) is 14.3. The van der Waals surface area contributed by atoms with Gasteiger partial charge in [-0.05, 0) is 19.3 Å². The maximum absolute atomic E-state index is 11.7. The van der Waals surface area contributed by atoms with Crippen LogP contribution in [0, 0.1) is 11.8 Å². The fourth-order valence-corrected chi connectivity index (χ4v) is 1.73. The van der Waals surface area contributed by atoms with Crippen LogP contribution in [0.5, 0.6) is 0 Å². The fourth-order valence-electron chi connectivity index (χ4n) is 1.73. The molecule has 126 valence electrons. The number of esters is 2. The predicted octanol–water partition coefficient (Wildman–Crippen LogP) is 4.02. The van der Waals surface area contributed by atoms with E-state index in [1.54, 1.807) is 0 Å². The lowest BCUT2D eigenvalue weighted by Crippen LogP contribution is -2.18. The second-order valence-electron chi connectivity index (χ2n) is 5.26. The van der Waals surface area contributed by atoms with Crippen molar-refractivity contribution in [1.82, 2.24) is 0 Å². The van der Waals surface area contributed by atoms with Crippen LogP contribution in [0.25, 0.3) is 0 Å². The largest absolute Gasteiger partial charge is 0.466 e. The molecule has 4 nitrogen and oxygen atoms in total. The van der Waals surface area contributed by atoms with E-state index in [9.17, 15) is 9.59 Å². The highest BCUT2D eigenvalue weighted by atomic mass is 16.5. The van der Waals surface area contributed by atoms with Gasteiger partial charge in [-0.3, -0.25) is 9.59 Å². The van der Waals surface area contributed by atoms with Crippen LogP contribution in [0.2, 0.25) is 0 Å². The lowest BCUT2D eigenvalue weighted by atomic mass is 10.2. The summed E-state index contributed by atoms with van der Waals surface area (Å²) < 4.78 is 10.4. The summed E-state index contributed by atoms with van der Waals surface area (Å²) in [6, 6.07) is 0. The van der Waals surface area contributed by atoms with Crippen LogP contribution in [0.1, 0.15) is 78.6 Å². The minimum atomic E-state index is -0.352. The van der Waals surface area contributed by atoms with Crippen molar-refractivity contribution in [3.8, 4) is 11.8 Å². The fraction of sp³-hybridized carbons (Fsp3) is 0.778. The molecule has 0 heterocycles. The molecule has 0 aliphatic heterocycles. The predicted molar refractivity (Wildman–Crippen MR) is 87.2 cm³/mol. The van der Waals surface area contributed by atoms with Crippen LogP contribution >= 0.6 is 0 Å². The smallest absolute Gasteiger partial charge is 0.306 e. The van der Waals surface area contributed by atoms with Gasteiger partial charge in [-0.2, -0.15) is 0 Å². The number of hydrogen-bond acceptors (Lipinski definition) is 4. The molecule has 0 amide bonds. The standard InChI is InChI=1S/C18H30O4/c1-4-7-9-10-12-16(6-3)22-18(20)14-13-17(19)21-15-11-8-5-2/h16H,4-8,11-15H2,1-3H3. The van der Waals surface area contributed by atoms with E-state index in [4.69, 9.17) is 9.47 Å². The minimum Gasteiger partial charge on any atom is -0.466 e. The Morgan fingerprint density at radius 3 is 2.32 bits per heavy atom. The molecule has 0 saturated carbocycles. The number of ether oxygens (including phenoxy) is 2. The Balaban J connectivity index is 3.86. The lowest BCUT2D eigenvalue weighted by Gasteiger charge is -2.13. The topological polar surface area (TPSA) is 52.6 Å². The summed E-state index contributed by atoms with van der Waals surface area (Å²) in [6.07, 6.45) is 6.18. The number of carbonyl (C=O) groups is 2. The van der Waals surface area contributed by atoms with Gasteiger partial charge in [-0.15, -0.1) is 5.92 Å². The van der Waals surface area contributed by atoms with Gasteiger partial charge in [0.2, 0.25) is 0 Å². The summed E-state index contributed by atoms with van der Waals surface area (Å²) in [5, 5.41) is 0. The van der Waals surface area contributed by atoms with Gasteiger partial charge >= 0.3 is 11.9 Å². The van der Waals surface area contributed by atoms with Gasteiger partial charge in [0, 0.05) is 12.8 Å². The van der Waals surface area contributed by atoms with Gasteiger partial charge in [0.05, 0.1) is 19.4 Å². The summed E-state index contributed by atoms with van der Waals surface area (Å²) in [5.74, 6) is 5.39. The molecule has 1 atom stereocenters. The highest BCUT2D eigenvalue weighted by Crippen LogP contribution is 2.06. The molecule has 0 bridgehead atoms. The molecule has 1 unspecified atom stereocenters. The van der Waals surface area contributed by atoms with E-state index in [0.717, 1.165) is 38.5 Å². The quantitative estimate of drug-likeness (QED) is 0.329. The van der Waals surface area contributed by atoms with Crippen molar-refractivity contribution in [2.75, 3.05) is 6.61 Å². The van der Waals surface area contributed by atoms with Crippen molar-refractivity contribution in [1.29, 1.82) is 0 Å². The summed E-state index contributed by atoms with van der Waals surface area (Å²) >= 11 is 0. The molecule has 0 aliphatic carbocycles. The molecular formula is C18H30O4.